The summed E-state index contributed by atoms with van der Waals surface area (Å²) in [6, 6.07) is 16.5. The first kappa shape index (κ1) is 23.1. The van der Waals surface area contributed by atoms with Gasteiger partial charge in [0.05, 0.1) is 6.10 Å². The zero-order valence-electron chi connectivity index (χ0n) is 15.9. The molecule has 0 heterocycles. The smallest absolute Gasteiger partial charge is 0.243 e. The van der Waals surface area contributed by atoms with Crippen LogP contribution in [0.1, 0.15) is 42.9 Å². The molecule has 1 atom stereocenters. The van der Waals surface area contributed by atoms with Crippen LogP contribution < -0.4 is 5.48 Å². The predicted molar refractivity (Wildman–Crippen MR) is 110 cm³/mol. The molecule has 0 unspecified atom stereocenters. The maximum Gasteiger partial charge on any atom is 0.243 e. The Kier molecular flexibility index (Phi) is 10.0. The van der Waals surface area contributed by atoms with Crippen LogP contribution in [0.2, 0.25) is 0 Å². The normalized spacial score (nSPS) is 11.7. The highest BCUT2D eigenvalue weighted by Gasteiger charge is 2.08. The quantitative estimate of drug-likeness (QED) is 0.343. The number of halogens is 1. The van der Waals surface area contributed by atoms with Crippen molar-refractivity contribution in [3.05, 3.63) is 59.7 Å². The van der Waals surface area contributed by atoms with Crippen LogP contribution in [0, 0.1) is 0 Å². The van der Waals surface area contributed by atoms with Crippen LogP contribution in [0.15, 0.2) is 48.5 Å². The number of nitrogens with zero attached hydrogens (tertiary/aromatic N) is 1. The number of carbonyl (C=O) groups is 1. The van der Waals surface area contributed by atoms with Crippen molar-refractivity contribution in [3.63, 3.8) is 0 Å². The summed E-state index contributed by atoms with van der Waals surface area (Å²) in [6.45, 7) is 0.922. The molecule has 2 aromatic rings. The maximum atomic E-state index is 10.9. The number of carbonyl (C=O) groups excluding carboxylic acids is 1. The molecule has 0 bridgehead atoms. The molecular formula is C21H29ClN2O3. The molecule has 3 N–H and O–H groups in total. The van der Waals surface area contributed by atoms with E-state index in [-0.39, 0.29) is 24.7 Å². The fourth-order valence-corrected chi connectivity index (χ4v) is 2.91. The lowest BCUT2D eigenvalue weighted by atomic mass is 9.98. The molecule has 0 spiro atoms. The molecule has 1 amide bonds. The number of hydrogen-bond acceptors (Lipinski definition) is 4. The number of hydroxylamine groups is 1. The van der Waals surface area contributed by atoms with Crippen molar-refractivity contribution < 1.29 is 15.1 Å². The SMILES string of the molecule is CN(C)Cc1ccc(-c2ccc([C@H](O)CCCCC(=O)NO)cc2)cc1.Cl. The Morgan fingerprint density at radius 3 is 2.07 bits per heavy atom. The molecule has 0 saturated carbocycles. The van der Waals surface area contributed by atoms with Gasteiger partial charge in [0, 0.05) is 13.0 Å². The third kappa shape index (κ3) is 7.69. The second kappa shape index (κ2) is 11.7. The molecule has 5 nitrogen and oxygen atoms in total. The second-order valence-corrected chi connectivity index (χ2v) is 6.85. The third-order valence-electron chi connectivity index (χ3n) is 4.34. The van der Waals surface area contributed by atoms with Gasteiger partial charge in [0.25, 0.3) is 0 Å². The number of nitrogens with one attached hydrogen (secondary N) is 1. The van der Waals surface area contributed by atoms with Crippen molar-refractivity contribution >= 4 is 18.3 Å². The summed E-state index contributed by atoms with van der Waals surface area (Å²) in [4.78, 5) is 13.1. The van der Waals surface area contributed by atoms with E-state index >= 15 is 0 Å². The molecule has 0 fully saturated rings. The summed E-state index contributed by atoms with van der Waals surface area (Å²) in [7, 11) is 4.11. The molecule has 0 aromatic heterocycles. The van der Waals surface area contributed by atoms with Crippen LogP contribution in [0.5, 0.6) is 0 Å². The molecule has 0 aliphatic rings. The summed E-state index contributed by atoms with van der Waals surface area (Å²) < 4.78 is 0. The number of benzene rings is 2. The highest BCUT2D eigenvalue weighted by Crippen LogP contribution is 2.25. The molecule has 0 aliphatic heterocycles. The third-order valence-corrected chi connectivity index (χ3v) is 4.34. The zero-order valence-corrected chi connectivity index (χ0v) is 16.7. The highest BCUT2D eigenvalue weighted by molar-refractivity contribution is 5.85. The number of amides is 1. The summed E-state index contributed by atoms with van der Waals surface area (Å²) in [5.74, 6) is -0.388. The van der Waals surface area contributed by atoms with Gasteiger partial charge in [-0.05, 0) is 49.2 Å². The van der Waals surface area contributed by atoms with E-state index in [1.54, 1.807) is 5.48 Å². The number of aliphatic hydroxyl groups is 1. The van der Waals surface area contributed by atoms with E-state index in [0.717, 1.165) is 29.7 Å². The van der Waals surface area contributed by atoms with Crippen molar-refractivity contribution in [2.24, 2.45) is 0 Å². The van der Waals surface area contributed by atoms with Crippen LogP contribution in [-0.2, 0) is 11.3 Å². The number of unbranched alkanes of at least 4 members (excludes halogenated alkanes) is 1. The topological polar surface area (TPSA) is 72.8 Å². The monoisotopic (exact) mass is 392 g/mol. The number of aliphatic hydroxyl groups excluding tert-OH is 1. The average molecular weight is 393 g/mol. The minimum Gasteiger partial charge on any atom is -0.388 e. The summed E-state index contributed by atoms with van der Waals surface area (Å²) in [5.41, 5.74) is 6.05. The largest absolute Gasteiger partial charge is 0.388 e. The van der Waals surface area contributed by atoms with Gasteiger partial charge >= 0.3 is 0 Å². The Labute approximate surface area is 167 Å². The molecule has 27 heavy (non-hydrogen) atoms. The van der Waals surface area contributed by atoms with Crippen LogP contribution in [0.25, 0.3) is 11.1 Å². The van der Waals surface area contributed by atoms with Gasteiger partial charge < -0.3 is 10.0 Å². The van der Waals surface area contributed by atoms with Crippen molar-refractivity contribution in [2.45, 2.75) is 38.3 Å². The minimum atomic E-state index is -0.538. The fourth-order valence-electron chi connectivity index (χ4n) is 2.91. The van der Waals surface area contributed by atoms with Gasteiger partial charge in [-0.15, -0.1) is 12.4 Å². The van der Waals surface area contributed by atoms with Crippen molar-refractivity contribution in [3.8, 4) is 11.1 Å². The van der Waals surface area contributed by atoms with Crippen molar-refractivity contribution in [1.29, 1.82) is 0 Å². The standard InChI is InChI=1S/C21H28N2O3.ClH/c1-23(2)15-16-7-9-17(10-8-16)18-11-13-19(14-12-18)20(24)5-3-4-6-21(25)22-26;/h7-14,20,24,26H,3-6,15H2,1-2H3,(H,22,25);1H/t20-;/m1./s1. The minimum absolute atomic E-state index is 0. The Hall–Kier alpha value is -1.92. The Morgan fingerprint density at radius 2 is 1.56 bits per heavy atom. The summed E-state index contributed by atoms with van der Waals surface area (Å²) >= 11 is 0. The van der Waals surface area contributed by atoms with Gasteiger partial charge in [0.1, 0.15) is 0 Å². The van der Waals surface area contributed by atoms with E-state index in [1.807, 2.05) is 24.3 Å². The maximum absolute atomic E-state index is 10.9. The van der Waals surface area contributed by atoms with E-state index in [0.29, 0.717) is 12.8 Å². The Morgan fingerprint density at radius 1 is 1.00 bits per heavy atom. The van der Waals surface area contributed by atoms with E-state index < -0.39 is 6.10 Å². The average Bonchev–Trinajstić information content (AvgIpc) is 2.65. The van der Waals surface area contributed by atoms with Crippen molar-refractivity contribution in [2.75, 3.05) is 14.1 Å². The van der Waals surface area contributed by atoms with Gasteiger partial charge in [-0.1, -0.05) is 55.0 Å². The zero-order chi connectivity index (χ0) is 18.9. The van der Waals surface area contributed by atoms with Crippen LogP contribution in [0.4, 0.5) is 0 Å². The van der Waals surface area contributed by atoms with Gasteiger partial charge in [0.2, 0.25) is 5.91 Å². The molecular weight excluding hydrogens is 364 g/mol. The van der Waals surface area contributed by atoms with Gasteiger partial charge in [-0.25, -0.2) is 5.48 Å². The molecule has 6 heteroatoms. The molecule has 2 rings (SSSR count). The van der Waals surface area contributed by atoms with Crippen molar-refractivity contribution in [1.82, 2.24) is 10.4 Å². The lowest BCUT2D eigenvalue weighted by Crippen LogP contribution is -2.17. The Bertz CT molecular complexity index is 688. The second-order valence-electron chi connectivity index (χ2n) is 6.85. The van der Waals surface area contributed by atoms with Crippen LogP contribution >= 0.6 is 12.4 Å². The van der Waals surface area contributed by atoms with E-state index in [9.17, 15) is 9.90 Å². The van der Waals surface area contributed by atoms with Crippen LogP contribution in [-0.4, -0.2) is 35.2 Å². The fraction of sp³-hybridized carbons (Fsp3) is 0.381. The van der Waals surface area contributed by atoms with E-state index in [2.05, 4.69) is 43.3 Å². The summed E-state index contributed by atoms with van der Waals surface area (Å²) in [5, 5.41) is 18.7. The van der Waals surface area contributed by atoms with Gasteiger partial charge in [-0.2, -0.15) is 0 Å². The lowest BCUT2D eigenvalue weighted by molar-refractivity contribution is -0.129. The predicted octanol–water partition coefficient (Wildman–Crippen LogP) is 3.94. The molecule has 148 valence electrons. The molecule has 0 aliphatic carbocycles. The number of hydrogen-bond donors (Lipinski definition) is 3. The van der Waals surface area contributed by atoms with E-state index in [4.69, 9.17) is 5.21 Å². The first-order valence-corrected chi connectivity index (χ1v) is 8.94. The molecule has 2 aromatic carbocycles. The van der Waals surface area contributed by atoms with Gasteiger partial charge in [0.15, 0.2) is 0 Å². The van der Waals surface area contributed by atoms with Gasteiger partial charge in [-0.3, -0.25) is 10.0 Å². The van der Waals surface area contributed by atoms with E-state index in [1.165, 1.54) is 5.56 Å². The highest BCUT2D eigenvalue weighted by atomic mass is 35.5. The molecule has 0 radical (unpaired) electrons. The first-order chi connectivity index (χ1) is 12.5. The molecule has 0 saturated heterocycles. The summed E-state index contributed by atoms with van der Waals surface area (Å²) in [6.07, 6.45) is 1.69. The Balaban J connectivity index is 0.00000364. The first-order valence-electron chi connectivity index (χ1n) is 8.94. The number of rotatable bonds is 9. The lowest BCUT2D eigenvalue weighted by Gasteiger charge is -2.12. The van der Waals surface area contributed by atoms with Crippen LogP contribution in [0.3, 0.4) is 0 Å².